The Balaban J connectivity index is 2.08. The van der Waals surface area contributed by atoms with E-state index in [1.54, 1.807) is 7.11 Å². The fraction of sp³-hybridized carbons (Fsp3) is 0.562. The van der Waals surface area contributed by atoms with Gasteiger partial charge in [-0.15, -0.1) is 11.6 Å². The van der Waals surface area contributed by atoms with Gasteiger partial charge < -0.3 is 10.1 Å². The number of hydrogen-bond acceptors (Lipinski definition) is 2. The smallest absolute Gasteiger partial charge is 0.226 e. The van der Waals surface area contributed by atoms with Crippen molar-refractivity contribution in [2.45, 2.75) is 44.5 Å². The summed E-state index contributed by atoms with van der Waals surface area (Å²) in [5, 5.41) is 3.08. The summed E-state index contributed by atoms with van der Waals surface area (Å²) in [6, 6.07) is 5.70. The number of rotatable bonds is 4. The van der Waals surface area contributed by atoms with Crippen LogP contribution in [0.1, 0.15) is 45.2 Å². The van der Waals surface area contributed by atoms with E-state index in [0.29, 0.717) is 12.8 Å². The van der Waals surface area contributed by atoms with Gasteiger partial charge in [0.15, 0.2) is 0 Å². The lowest BCUT2D eigenvalue weighted by Gasteiger charge is -2.48. The molecule has 0 radical (unpaired) electrons. The fourth-order valence-corrected chi connectivity index (χ4v) is 4.16. The number of methoxy groups -OCH3 is 1. The molecule has 1 fully saturated rings. The lowest BCUT2D eigenvalue weighted by molar-refractivity contribution is -0.137. The van der Waals surface area contributed by atoms with Gasteiger partial charge >= 0.3 is 0 Å². The van der Waals surface area contributed by atoms with E-state index in [1.165, 1.54) is 0 Å². The highest BCUT2D eigenvalue weighted by atomic mass is 79.9. The lowest BCUT2D eigenvalue weighted by Crippen LogP contribution is -2.53. The summed E-state index contributed by atoms with van der Waals surface area (Å²) in [6.07, 6.45) is 1.41. The minimum atomic E-state index is -0.368. The van der Waals surface area contributed by atoms with E-state index in [0.717, 1.165) is 15.8 Å². The van der Waals surface area contributed by atoms with Crippen LogP contribution in [0.2, 0.25) is 0 Å². The van der Waals surface area contributed by atoms with Crippen LogP contribution in [-0.4, -0.2) is 17.9 Å². The number of carbonyl (C=O) groups is 1. The van der Waals surface area contributed by atoms with Crippen LogP contribution in [0.15, 0.2) is 22.7 Å². The molecule has 5 heteroatoms. The highest BCUT2D eigenvalue weighted by molar-refractivity contribution is 9.10. The highest BCUT2D eigenvalue weighted by Gasteiger charge is 2.52. The van der Waals surface area contributed by atoms with Crippen LogP contribution in [0, 0.1) is 5.41 Å². The van der Waals surface area contributed by atoms with Crippen molar-refractivity contribution < 1.29 is 9.53 Å². The Morgan fingerprint density at radius 1 is 1.43 bits per heavy atom. The molecule has 0 bridgehead atoms. The Morgan fingerprint density at radius 3 is 2.57 bits per heavy atom. The summed E-state index contributed by atoms with van der Waals surface area (Å²) in [6.45, 7) is 5.91. The maximum Gasteiger partial charge on any atom is 0.226 e. The second kappa shape index (κ2) is 5.81. The summed E-state index contributed by atoms with van der Waals surface area (Å²) in [5.41, 5.74) is 0.596. The molecule has 1 atom stereocenters. The third-order valence-corrected chi connectivity index (χ3v) is 4.84. The Bertz CT molecular complexity index is 551. The van der Waals surface area contributed by atoms with Crippen LogP contribution in [0.25, 0.3) is 0 Å². The number of carbonyl (C=O) groups excluding carboxylic acids is 1. The first-order valence-corrected chi connectivity index (χ1v) is 8.17. The lowest BCUT2D eigenvalue weighted by atomic mass is 9.62. The second-order valence-corrected chi connectivity index (χ2v) is 8.24. The number of benzene rings is 1. The summed E-state index contributed by atoms with van der Waals surface area (Å²) >= 11 is 9.67. The minimum absolute atomic E-state index is 0.0538. The zero-order valence-electron chi connectivity index (χ0n) is 12.8. The predicted molar refractivity (Wildman–Crippen MR) is 88.9 cm³/mol. The van der Waals surface area contributed by atoms with Crippen molar-refractivity contribution in [1.29, 1.82) is 0 Å². The molecule has 0 unspecified atom stereocenters. The molecule has 1 N–H and O–H groups in total. The molecular formula is C16H21BrClNO2. The Kier molecular flexibility index (Phi) is 4.60. The van der Waals surface area contributed by atoms with Crippen LogP contribution in [-0.2, 0) is 4.79 Å². The molecule has 0 aliphatic heterocycles. The molecule has 1 aromatic rings. The zero-order chi connectivity index (χ0) is 15.8. The molecule has 1 aromatic carbocycles. The molecule has 116 valence electrons. The van der Waals surface area contributed by atoms with E-state index in [2.05, 4.69) is 21.2 Å². The summed E-state index contributed by atoms with van der Waals surface area (Å²) in [7, 11) is 1.63. The van der Waals surface area contributed by atoms with Crippen molar-refractivity contribution >= 4 is 33.4 Å². The number of nitrogens with one attached hydrogen (secondary N) is 1. The highest BCUT2D eigenvalue weighted by Crippen LogP contribution is 2.52. The van der Waals surface area contributed by atoms with Crippen molar-refractivity contribution in [2.24, 2.45) is 5.41 Å². The van der Waals surface area contributed by atoms with Crippen molar-refractivity contribution in [3.8, 4) is 5.75 Å². The van der Waals surface area contributed by atoms with E-state index in [9.17, 15) is 4.79 Å². The molecule has 1 amide bonds. The SMILES string of the molecule is COc1cc(Br)ccc1[C@@H](C)NC(=O)C1(C)CC(C)(Cl)C1. The van der Waals surface area contributed by atoms with Gasteiger partial charge in [-0.1, -0.05) is 28.9 Å². The first-order valence-electron chi connectivity index (χ1n) is 7.00. The Hall–Kier alpha value is -0.740. The van der Waals surface area contributed by atoms with E-state index in [-0.39, 0.29) is 22.2 Å². The third-order valence-electron chi connectivity index (χ3n) is 4.08. The molecule has 1 aliphatic carbocycles. The van der Waals surface area contributed by atoms with Gasteiger partial charge in [0.1, 0.15) is 5.75 Å². The quantitative estimate of drug-likeness (QED) is 0.792. The molecule has 1 saturated carbocycles. The van der Waals surface area contributed by atoms with Gasteiger partial charge in [0.25, 0.3) is 0 Å². The van der Waals surface area contributed by atoms with Crippen LogP contribution >= 0.6 is 27.5 Å². The second-order valence-electron chi connectivity index (χ2n) is 6.41. The van der Waals surface area contributed by atoms with Crippen molar-refractivity contribution in [1.82, 2.24) is 5.32 Å². The molecule has 0 heterocycles. The number of hydrogen-bond donors (Lipinski definition) is 1. The van der Waals surface area contributed by atoms with Crippen molar-refractivity contribution in [2.75, 3.05) is 7.11 Å². The molecule has 0 aromatic heterocycles. The van der Waals surface area contributed by atoms with Gasteiger partial charge in [0, 0.05) is 20.3 Å². The van der Waals surface area contributed by atoms with Crippen molar-refractivity contribution in [3.63, 3.8) is 0 Å². The first kappa shape index (κ1) is 16.6. The van der Waals surface area contributed by atoms with Gasteiger partial charge in [-0.3, -0.25) is 4.79 Å². The zero-order valence-corrected chi connectivity index (χ0v) is 15.1. The number of amides is 1. The maximum atomic E-state index is 12.5. The molecule has 0 spiro atoms. The van der Waals surface area contributed by atoms with Crippen molar-refractivity contribution in [3.05, 3.63) is 28.2 Å². The Morgan fingerprint density at radius 2 is 2.05 bits per heavy atom. The summed E-state index contributed by atoms with van der Waals surface area (Å²) in [4.78, 5) is 12.2. The molecule has 0 saturated heterocycles. The molecule has 21 heavy (non-hydrogen) atoms. The maximum absolute atomic E-state index is 12.5. The largest absolute Gasteiger partial charge is 0.496 e. The predicted octanol–water partition coefficient (Wildman–Crippen LogP) is 4.43. The molecule has 3 nitrogen and oxygen atoms in total. The Labute approximate surface area is 139 Å². The third kappa shape index (κ3) is 3.54. The van der Waals surface area contributed by atoms with Gasteiger partial charge in [-0.2, -0.15) is 0 Å². The van der Waals surface area contributed by atoms with E-state index in [1.807, 2.05) is 39.0 Å². The summed E-state index contributed by atoms with van der Waals surface area (Å²) in [5.74, 6) is 0.816. The average molecular weight is 375 g/mol. The topological polar surface area (TPSA) is 38.3 Å². The standard InChI is InChI=1S/C16H21BrClNO2/c1-10(12-6-5-11(17)7-13(12)21-4)19-14(20)15(2)8-16(3,18)9-15/h5-7,10H,8-9H2,1-4H3,(H,19,20)/t10-,15?,16?/m1/s1. The van der Waals surface area contributed by atoms with Gasteiger partial charge in [-0.25, -0.2) is 0 Å². The van der Waals surface area contributed by atoms with Crippen LogP contribution in [0.5, 0.6) is 5.75 Å². The monoisotopic (exact) mass is 373 g/mol. The normalized spacial score (nSPS) is 29.4. The number of halogens is 2. The van der Waals surface area contributed by atoms with Gasteiger partial charge in [-0.05, 0) is 38.8 Å². The molecule has 1 aliphatic rings. The van der Waals surface area contributed by atoms with Crippen LogP contribution in [0.3, 0.4) is 0 Å². The first-order chi connectivity index (χ1) is 9.67. The van der Waals surface area contributed by atoms with Gasteiger partial charge in [0.05, 0.1) is 13.2 Å². The number of ether oxygens (including phenoxy) is 1. The van der Waals surface area contributed by atoms with E-state index in [4.69, 9.17) is 16.3 Å². The molecule has 2 rings (SSSR count). The van der Waals surface area contributed by atoms with E-state index < -0.39 is 0 Å². The summed E-state index contributed by atoms with van der Waals surface area (Å²) < 4.78 is 6.33. The molecular weight excluding hydrogens is 354 g/mol. The van der Waals surface area contributed by atoms with Gasteiger partial charge in [0.2, 0.25) is 5.91 Å². The fourth-order valence-electron chi connectivity index (χ4n) is 3.23. The van der Waals surface area contributed by atoms with Crippen LogP contribution in [0.4, 0.5) is 0 Å². The van der Waals surface area contributed by atoms with E-state index >= 15 is 0 Å². The van der Waals surface area contributed by atoms with Crippen LogP contribution < -0.4 is 10.1 Å². The number of alkyl halides is 1. The minimum Gasteiger partial charge on any atom is -0.496 e. The average Bonchev–Trinajstić information content (AvgIpc) is 2.35.